The molecule has 3 heteroatoms. The fraction of sp³-hybridized carbons (Fsp3) is 0.421. The van der Waals surface area contributed by atoms with E-state index in [1.807, 2.05) is 30.3 Å². The Bertz CT molecular complexity index is 674. The van der Waals surface area contributed by atoms with Crippen LogP contribution < -0.4 is 5.32 Å². The number of aromatic hydroxyl groups is 1. The first kappa shape index (κ1) is 14.9. The van der Waals surface area contributed by atoms with Gasteiger partial charge < -0.3 is 10.4 Å². The van der Waals surface area contributed by atoms with E-state index >= 15 is 0 Å². The first-order chi connectivity index (χ1) is 10.7. The van der Waals surface area contributed by atoms with Crippen LogP contribution in [0.5, 0.6) is 5.75 Å². The van der Waals surface area contributed by atoms with Crippen LogP contribution in [0.1, 0.15) is 50.6 Å². The molecular formula is C19H23NO2. The monoisotopic (exact) mass is 297 g/mol. The molecule has 0 aromatic heterocycles. The second-order valence-electron chi connectivity index (χ2n) is 6.30. The fourth-order valence-corrected chi connectivity index (χ4v) is 3.72. The summed E-state index contributed by atoms with van der Waals surface area (Å²) in [7, 11) is 0. The van der Waals surface area contributed by atoms with Crippen LogP contribution in [0.25, 0.3) is 10.8 Å². The molecule has 0 saturated heterocycles. The van der Waals surface area contributed by atoms with E-state index < -0.39 is 0 Å². The molecule has 1 aliphatic carbocycles. The molecule has 1 fully saturated rings. The average Bonchev–Trinajstić information content (AvgIpc) is 2.54. The van der Waals surface area contributed by atoms with Crippen molar-refractivity contribution in [2.45, 2.75) is 45.1 Å². The maximum atomic E-state index is 11.7. The summed E-state index contributed by atoms with van der Waals surface area (Å²) in [4.78, 5) is 11.7. The van der Waals surface area contributed by atoms with Crippen molar-refractivity contribution in [3.05, 3.63) is 42.0 Å². The van der Waals surface area contributed by atoms with Crippen LogP contribution in [0.4, 0.5) is 0 Å². The van der Waals surface area contributed by atoms with E-state index in [1.54, 1.807) is 13.0 Å². The largest absolute Gasteiger partial charge is 0.508 e. The molecule has 2 N–H and O–H groups in total. The van der Waals surface area contributed by atoms with Crippen LogP contribution >= 0.6 is 0 Å². The van der Waals surface area contributed by atoms with Gasteiger partial charge >= 0.3 is 0 Å². The molecule has 0 heterocycles. The third kappa shape index (κ3) is 2.94. The third-order valence-electron chi connectivity index (χ3n) is 4.74. The van der Waals surface area contributed by atoms with Crippen LogP contribution in [0.2, 0.25) is 0 Å². The summed E-state index contributed by atoms with van der Waals surface area (Å²) in [5.74, 6) is 0.639. The summed E-state index contributed by atoms with van der Waals surface area (Å²) in [5.41, 5.74) is 0.875. The van der Waals surface area contributed by atoms with Gasteiger partial charge in [-0.1, -0.05) is 49.6 Å². The summed E-state index contributed by atoms with van der Waals surface area (Å²) in [6.07, 6.45) is 5.88. The van der Waals surface area contributed by atoms with E-state index in [9.17, 15) is 9.90 Å². The summed E-state index contributed by atoms with van der Waals surface area (Å²) in [6.45, 7) is 1.55. The Morgan fingerprint density at radius 3 is 2.59 bits per heavy atom. The minimum atomic E-state index is -0.108. The highest BCUT2D eigenvalue weighted by atomic mass is 16.3. The zero-order chi connectivity index (χ0) is 15.5. The molecule has 22 heavy (non-hydrogen) atoms. The van der Waals surface area contributed by atoms with Crippen molar-refractivity contribution in [1.82, 2.24) is 5.32 Å². The summed E-state index contributed by atoms with van der Waals surface area (Å²) >= 11 is 0. The van der Waals surface area contributed by atoms with E-state index in [1.165, 1.54) is 19.3 Å². The Labute approximate surface area is 131 Å². The number of hydrogen-bond acceptors (Lipinski definition) is 2. The van der Waals surface area contributed by atoms with Gasteiger partial charge in [-0.15, -0.1) is 0 Å². The van der Waals surface area contributed by atoms with Crippen molar-refractivity contribution in [3.8, 4) is 5.75 Å². The minimum absolute atomic E-state index is 0.0390. The van der Waals surface area contributed by atoms with Crippen LogP contribution in [0.3, 0.4) is 0 Å². The van der Waals surface area contributed by atoms with E-state index in [2.05, 4.69) is 5.32 Å². The van der Waals surface area contributed by atoms with Gasteiger partial charge in [0.05, 0.1) is 6.04 Å². The number of amides is 1. The number of nitrogens with one attached hydrogen (secondary N) is 1. The highest BCUT2D eigenvalue weighted by Crippen LogP contribution is 2.41. The van der Waals surface area contributed by atoms with Crippen LogP contribution in [-0.4, -0.2) is 11.0 Å². The molecular weight excluding hydrogens is 274 g/mol. The molecule has 2 aromatic rings. The van der Waals surface area contributed by atoms with E-state index in [-0.39, 0.29) is 17.7 Å². The molecule has 3 nitrogen and oxygen atoms in total. The van der Waals surface area contributed by atoms with Gasteiger partial charge in [0.25, 0.3) is 0 Å². The molecule has 3 rings (SSSR count). The van der Waals surface area contributed by atoms with Crippen molar-refractivity contribution in [3.63, 3.8) is 0 Å². The molecule has 0 aliphatic heterocycles. The predicted molar refractivity (Wildman–Crippen MR) is 88.7 cm³/mol. The van der Waals surface area contributed by atoms with Crippen molar-refractivity contribution < 1.29 is 9.90 Å². The van der Waals surface area contributed by atoms with E-state index in [0.717, 1.165) is 29.2 Å². The minimum Gasteiger partial charge on any atom is -0.508 e. The van der Waals surface area contributed by atoms with Crippen LogP contribution in [0, 0.1) is 5.92 Å². The van der Waals surface area contributed by atoms with Crippen LogP contribution in [0.15, 0.2) is 36.4 Å². The molecule has 1 saturated carbocycles. The molecule has 1 amide bonds. The van der Waals surface area contributed by atoms with E-state index in [0.29, 0.717) is 5.92 Å². The van der Waals surface area contributed by atoms with Gasteiger partial charge in [-0.3, -0.25) is 4.79 Å². The first-order valence-corrected chi connectivity index (χ1v) is 8.14. The molecule has 1 atom stereocenters. The number of carbonyl (C=O) groups is 1. The Morgan fingerprint density at radius 1 is 1.14 bits per heavy atom. The van der Waals surface area contributed by atoms with E-state index in [4.69, 9.17) is 0 Å². The summed E-state index contributed by atoms with van der Waals surface area (Å²) in [5, 5.41) is 15.7. The molecule has 116 valence electrons. The average molecular weight is 297 g/mol. The zero-order valence-corrected chi connectivity index (χ0v) is 13.0. The van der Waals surface area contributed by atoms with Gasteiger partial charge in [0.1, 0.15) is 5.75 Å². The maximum Gasteiger partial charge on any atom is 0.217 e. The Hall–Kier alpha value is -2.03. The normalized spacial score (nSPS) is 17.3. The van der Waals surface area contributed by atoms with Crippen molar-refractivity contribution in [2.75, 3.05) is 0 Å². The highest BCUT2D eigenvalue weighted by Gasteiger charge is 2.29. The lowest BCUT2D eigenvalue weighted by Crippen LogP contribution is -2.33. The zero-order valence-electron chi connectivity index (χ0n) is 13.0. The third-order valence-corrected chi connectivity index (χ3v) is 4.74. The lowest BCUT2D eigenvalue weighted by Gasteiger charge is -2.32. The SMILES string of the molecule is CC(=O)NC(c1c(O)ccc2ccccc12)C1CCCCC1. The predicted octanol–water partition coefficient (Wildman–Crippen LogP) is 4.30. The molecule has 0 spiro atoms. The van der Waals surface area contributed by atoms with Crippen molar-refractivity contribution in [1.29, 1.82) is 0 Å². The van der Waals surface area contributed by atoms with Gasteiger partial charge in [0.15, 0.2) is 0 Å². The molecule has 2 aromatic carbocycles. The number of benzene rings is 2. The standard InChI is InChI=1S/C19H23NO2/c1-13(21)20-19(15-8-3-2-4-9-15)18-16-10-6-5-7-14(16)11-12-17(18)22/h5-7,10-12,15,19,22H,2-4,8-9H2,1H3,(H,20,21). The molecule has 1 aliphatic rings. The first-order valence-electron chi connectivity index (χ1n) is 8.14. The number of rotatable bonds is 3. The van der Waals surface area contributed by atoms with Gasteiger partial charge in [-0.2, -0.15) is 0 Å². The number of hydrogen-bond donors (Lipinski definition) is 2. The molecule has 0 radical (unpaired) electrons. The lowest BCUT2D eigenvalue weighted by molar-refractivity contribution is -0.120. The van der Waals surface area contributed by atoms with Gasteiger partial charge in [0, 0.05) is 12.5 Å². The number of carbonyl (C=O) groups excluding carboxylic acids is 1. The van der Waals surface area contributed by atoms with Gasteiger partial charge in [-0.25, -0.2) is 0 Å². The van der Waals surface area contributed by atoms with Gasteiger partial charge in [-0.05, 0) is 35.6 Å². The quantitative estimate of drug-likeness (QED) is 0.887. The molecule has 1 unspecified atom stereocenters. The van der Waals surface area contributed by atoms with Crippen molar-refractivity contribution >= 4 is 16.7 Å². The van der Waals surface area contributed by atoms with Crippen LogP contribution in [-0.2, 0) is 4.79 Å². The highest BCUT2D eigenvalue weighted by molar-refractivity contribution is 5.88. The van der Waals surface area contributed by atoms with Crippen molar-refractivity contribution in [2.24, 2.45) is 5.92 Å². The number of phenols is 1. The Morgan fingerprint density at radius 2 is 1.86 bits per heavy atom. The number of fused-ring (bicyclic) bond motifs is 1. The fourth-order valence-electron chi connectivity index (χ4n) is 3.72. The van der Waals surface area contributed by atoms with Gasteiger partial charge in [0.2, 0.25) is 5.91 Å². The second kappa shape index (κ2) is 6.39. The maximum absolute atomic E-state index is 11.7. The Balaban J connectivity index is 2.10. The second-order valence-corrected chi connectivity index (χ2v) is 6.30. The molecule has 0 bridgehead atoms. The lowest BCUT2D eigenvalue weighted by atomic mass is 9.79. The summed E-state index contributed by atoms with van der Waals surface area (Å²) < 4.78 is 0. The Kier molecular flexibility index (Phi) is 4.32. The smallest absolute Gasteiger partial charge is 0.217 e. The topological polar surface area (TPSA) is 49.3 Å². The number of phenolic OH excluding ortho intramolecular Hbond substituents is 1. The summed E-state index contributed by atoms with van der Waals surface area (Å²) in [6, 6.07) is 11.6.